The van der Waals surface area contributed by atoms with Crippen LogP contribution >= 0.6 is 0 Å². The molecule has 2 aliphatic heterocycles. The van der Waals surface area contributed by atoms with Gasteiger partial charge in [0.2, 0.25) is 0 Å². The van der Waals surface area contributed by atoms with Crippen LogP contribution in [0.15, 0.2) is 6.20 Å². The van der Waals surface area contributed by atoms with E-state index in [2.05, 4.69) is 10.4 Å². The van der Waals surface area contributed by atoms with E-state index in [4.69, 9.17) is 0 Å². The molecule has 0 aromatic carbocycles. The molecular weight excluding hydrogens is 214 g/mol. The van der Waals surface area contributed by atoms with Gasteiger partial charge >= 0.3 is 0 Å². The number of hydrogen-bond donors (Lipinski definition) is 1. The van der Waals surface area contributed by atoms with Crippen LogP contribution < -0.4 is 5.32 Å². The normalized spacial score (nSPS) is 31.8. The molecule has 3 rings (SSSR count). The molecule has 2 saturated heterocycles. The van der Waals surface area contributed by atoms with Crippen molar-refractivity contribution in [2.75, 3.05) is 0 Å². The van der Waals surface area contributed by atoms with E-state index in [9.17, 15) is 4.79 Å². The second kappa shape index (κ2) is 3.95. The number of carbonyl (C=O) groups excluding carboxylic acids is 1. The molecule has 0 saturated carbocycles. The van der Waals surface area contributed by atoms with Gasteiger partial charge in [0, 0.05) is 31.2 Å². The fourth-order valence-electron chi connectivity index (χ4n) is 3.33. The molecule has 0 aliphatic carbocycles. The van der Waals surface area contributed by atoms with Crippen LogP contribution in [0.3, 0.4) is 0 Å². The van der Waals surface area contributed by atoms with Crippen molar-refractivity contribution >= 4 is 5.78 Å². The molecule has 2 fully saturated rings. The van der Waals surface area contributed by atoms with Gasteiger partial charge in [0.1, 0.15) is 0 Å². The average molecular weight is 233 g/mol. The summed E-state index contributed by atoms with van der Waals surface area (Å²) in [6.45, 7) is 1.92. The lowest BCUT2D eigenvalue weighted by Gasteiger charge is -2.27. The van der Waals surface area contributed by atoms with Gasteiger partial charge in [-0.2, -0.15) is 5.10 Å². The first-order valence-electron chi connectivity index (χ1n) is 6.44. The average Bonchev–Trinajstić information content (AvgIpc) is 2.80. The molecule has 1 aromatic rings. The Morgan fingerprint density at radius 2 is 2.06 bits per heavy atom. The van der Waals surface area contributed by atoms with Gasteiger partial charge in [0.25, 0.3) is 0 Å². The number of carbonyl (C=O) groups is 1. The predicted octanol–water partition coefficient (Wildman–Crippen LogP) is 1.44. The second-order valence-electron chi connectivity index (χ2n) is 5.47. The highest BCUT2D eigenvalue weighted by molar-refractivity contribution is 5.98. The minimum Gasteiger partial charge on any atom is -0.311 e. The summed E-state index contributed by atoms with van der Waals surface area (Å²) in [5, 5.41) is 7.83. The number of nitrogens with one attached hydrogen (secondary N) is 1. The van der Waals surface area contributed by atoms with Gasteiger partial charge in [-0.3, -0.25) is 9.48 Å². The van der Waals surface area contributed by atoms with Crippen molar-refractivity contribution in [2.24, 2.45) is 13.0 Å². The van der Waals surface area contributed by atoms with Gasteiger partial charge in [-0.15, -0.1) is 0 Å². The number of rotatable bonds is 2. The molecule has 2 atom stereocenters. The molecule has 2 unspecified atom stereocenters. The number of Topliss-reactive ketones (excluding diaryl/α,β-unsaturated/α-hetero) is 1. The SMILES string of the molecule is Cc1nn(C)cc1C(=O)C1CC2CCC(C1)N2. The van der Waals surface area contributed by atoms with Crippen molar-refractivity contribution in [3.63, 3.8) is 0 Å². The summed E-state index contributed by atoms with van der Waals surface area (Å²) >= 11 is 0. The maximum atomic E-state index is 12.5. The Kier molecular flexibility index (Phi) is 2.54. The predicted molar refractivity (Wildman–Crippen MR) is 64.9 cm³/mol. The van der Waals surface area contributed by atoms with E-state index in [1.165, 1.54) is 12.8 Å². The van der Waals surface area contributed by atoms with Gasteiger partial charge in [-0.1, -0.05) is 0 Å². The Hall–Kier alpha value is -1.16. The van der Waals surface area contributed by atoms with Gasteiger partial charge in [-0.05, 0) is 32.6 Å². The zero-order valence-electron chi connectivity index (χ0n) is 10.4. The van der Waals surface area contributed by atoms with Crippen LogP contribution in [0.1, 0.15) is 41.7 Å². The Morgan fingerprint density at radius 1 is 1.41 bits per heavy atom. The van der Waals surface area contributed by atoms with E-state index in [-0.39, 0.29) is 5.92 Å². The number of piperidine rings is 1. The molecule has 0 spiro atoms. The minimum absolute atomic E-state index is 0.205. The molecule has 92 valence electrons. The minimum atomic E-state index is 0.205. The third-order valence-corrected chi connectivity index (χ3v) is 4.12. The topological polar surface area (TPSA) is 46.9 Å². The van der Waals surface area contributed by atoms with E-state index < -0.39 is 0 Å². The van der Waals surface area contributed by atoms with Crippen molar-refractivity contribution < 1.29 is 4.79 Å². The monoisotopic (exact) mass is 233 g/mol. The molecule has 4 heteroatoms. The summed E-state index contributed by atoms with van der Waals surface area (Å²) in [6, 6.07) is 1.14. The summed E-state index contributed by atoms with van der Waals surface area (Å²) in [4.78, 5) is 12.5. The first-order chi connectivity index (χ1) is 8.13. The van der Waals surface area contributed by atoms with Crippen molar-refractivity contribution in [3.05, 3.63) is 17.5 Å². The molecule has 0 radical (unpaired) electrons. The zero-order valence-corrected chi connectivity index (χ0v) is 10.4. The number of aryl methyl sites for hydroxylation is 2. The van der Waals surface area contributed by atoms with Crippen LogP contribution in [0.5, 0.6) is 0 Å². The molecule has 17 heavy (non-hydrogen) atoms. The fraction of sp³-hybridized carbons (Fsp3) is 0.692. The van der Waals surface area contributed by atoms with Crippen LogP contribution in [0.25, 0.3) is 0 Å². The zero-order chi connectivity index (χ0) is 12.0. The lowest BCUT2D eigenvalue weighted by molar-refractivity contribution is 0.0875. The smallest absolute Gasteiger partial charge is 0.169 e. The Morgan fingerprint density at radius 3 is 2.59 bits per heavy atom. The van der Waals surface area contributed by atoms with Crippen LogP contribution in [0.2, 0.25) is 0 Å². The van der Waals surface area contributed by atoms with E-state index in [1.807, 2.05) is 20.2 Å². The lowest BCUT2D eigenvalue weighted by Crippen LogP contribution is -2.40. The second-order valence-corrected chi connectivity index (χ2v) is 5.47. The van der Waals surface area contributed by atoms with E-state index >= 15 is 0 Å². The van der Waals surface area contributed by atoms with Crippen molar-refractivity contribution in [2.45, 2.75) is 44.7 Å². The standard InChI is InChI=1S/C13H19N3O/c1-8-12(7-16(2)15-8)13(17)9-5-10-3-4-11(6-9)14-10/h7,9-11,14H,3-6H2,1-2H3. The first-order valence-corrected chi connectivity index (χ1v) is 6.44. The number of hydrogen-bond acceptors (Lipinski definition) is 3. The highest BCUT2D eigenvalue weighted by Gasteiger charge is 2.37. The van der Waals surface area contributed by atoms with E-state index in [1.54, 1.807) is 4.68 Å². The lowest BCUT2D eigenvalue weighted by atomic mass is 9.86. The summed E-state index contributed by atoms with van der Waals surface area (Å²) in [7, 11) is 1.87. The molecule has 1 N–H and O–H groups in total. The molecule has 2 bridgehead atoms. The van der Waals surface area contributed by atoms with Gasteiger partial charge in [-0.25, -0.2) is 0 Å². The Bertz CT molecular complexity index is 440. The van der Waals surface area contributed by atoms with Crippen LogP contribution in [0, 0.1) is 12.8 Å². The highest BCUT2D eigenvalue weighted by Crippen LogP contribution is 2.33. The third-order valence-electron chi connectivity index (χ3n) is 4.12. The maximum Gasteiger partial charge on any atom is 0.169 e. The highest BCUT2D eigenvalue weighted by atomic mass is 16.1. The van der Waals surface area contributed by atoms with E-state index in [0.29, 0.717) is 17.9 Å². The van der Waals surface area contributed by atoms with Crippen LogP contribution in [-0.2, 0) is 7.05 Å². The van der Waals surface area contributed by atoms with Gasteiger partial charge in [0.05, 0.1) is 11.3 Å². The van der Waals surface area contributed by atoms with Crippen molar-refractivity contribution in [3.8, 4) is 0 Å². The van der Waals surface area contributed by atoms with Crippen LogP contribution in [0.4, 0.5) is 0 Å². The summed E-state index contributed by atoms with van der Waals surface area (Å²) in [6.07, 6.45) is 6.34. The number of aromatic nitrogens is 2. The summed E-state index contributed by atoms with van der Waals surface area (Å²) < 4.78 is 1.73. The summed E-state index contributed by atoms with van der Waals surface area (Å²) in [5.74, 6) is 0.505. The third kappa shape index (κ3) is 1.90. The quantitative estimate of drug-likeness (QED) is 0.786. The molecule has 2 aliphatic rings. The fourth-order valence-corrected chi connectivity index (χ4v) is 3.33. The van der Waals surface area contributed by atoms with E-state index in [0.717, 1.165) is 24.1 Å². The molecular formula is C13H19N3O. The van der Waals surface area contributed by atoms with Crippen molar-refractivity contribution in [1.82, 2.24) is 15.1 Å². The molecule has 3 heterocycles. The number of nitrogens with zero attached hydrogens (tertiary/aromatic N) is 2. The molecule has 1 aromatic heterocycles. The van der Waals surface area contributed by atoms with Crippen molar-refractivity contribution in [1.29, 1.82) is 0 Å². The largest absolute Gasteiger partial charge is 0.311 e. The van der Waals surface area contributed by atoms with Gasteiger partial charge in [0.15, 0.2) is 5.78 Å². The van der Waals surface area contributed by atoms with Gasteiger partial charge < -0.3 is 5.32 Å². The Labute approximate surface area is 101 Å². The molecule has 4 nitrogen and oxygen atoms in total. The Balaban J connectivity index is 1.80. The maximum absolute atomic E-state index is 12.5. The number of ketones is 1. The summed E-state index contributed by atoms with van der Waals surface area (Å²) in [5.41, 5.74) is 1.68. The molecule has 0 amide bonds. The first kappa shape index (κ1) is 11.0. The number of fused-ring (bicyclic) bond motifs is 2. The van der Waals surface area contributed by atoms with Crippen LogP contribution in [-0.4, -0.2) is 27.6 Å².